The fraction of sp³-hybridized carbons (Fsp3) is 0.353. The largest absolute Gasteiger partial charge is 0.350 e. The van der Waals surface area contributed by atoms with Gasteiger partial charge in [0.25, 0.3) is 0 Å². The van der Waals surface area contributed by atoms with Gasteiger partial charge in [0.05, 0.1) is 4.90 Å². The fourth-order valence-corrected chi connectivity index (χ4v) is 3.27. The molecule has 0 spiro atoms. The van der Waals surface area contributed by atoms with E-state index < -0.39 is 15.6 Å². The summed E-state index contributed by atoms with van der Waals surface area (Å²) < 4.78 is 27.1. The average Bonchev–Trinajstić information content (AvgIpc) is 2.53. The number of carbonyl (C=O) groups excluding carboxylic acids is 1. The molecule has 25 heavy (non-hydrogen) atoms. The van der Waals surface area contributed by atoms with Gasteiger partial charge in [0, 0.05) is 25.0 Å². The maximum absolute atomic E-state index is 12.3. The van der Waals surface area contributed by atoms with Gasteiger partial charge >= 0.3 is 0 Å². The van der Waals surface area contributed by atoms with Crippen molar-refractivity contribution in [1.29, 1.82) is 0 Å². The van der Waals surface area contributed by atoms with Crippen molar-refractivity contribution in [2.75, 3.05) is 13.1 Å². The summed E-state index contributed by atoms with van der Waals surface area (Å²) in [6.45, 7) is 3.96. The lowest BCUT2D eigenvalue weighted by molar-refractivity contribution is -0.122. The average molecular weight is 386 g/mol. The van der Waals surface area contributed by atoms with Gasteiger partial charge in [-0.1, -0.05) is 30.3 Å². The lowest BCUT2D eigenvalue weighted by atomic mass is 10.1. The minimum atomic E-state index is -3.65. The van der Waals surface area contributed by atoms with Crippen LogP contribution in [0.25, 0.3) is 10.8 Å². The van der Waals surface area contributed by atoms with E-state index in [1.165, 1.54) is 0 Å². The van der Waals surface area contributed by atoms with Gasteiger partial charge in [-0.25, -0.2) is 13.1 Å². The second-order valence-corrected chi connectivity index (χ2v) is 8.06. The molecule has 0 unspecified atom stereocenters. The molecule has 4 N–H and O–H groups in total. The molecule has 2 aromatic rings. The van der Waals surface area contributed by atoms with Crippen molar-refractivity contribution in [3.63, 3.8) is 0 Å². The standard InChI is InChI=1S/C17H23N3O3S.ClH/c1-17(2,12-18)20-16(21)9-10-19-24(22,23)15-8-7-13-5-3-4-6-14(13)11-15;/h3-8,11,19H,9-10,12,18H2,1-2H3,(H,20,21);1H. The quantitative estimate of drug-likeness (QED) is 0.676. The van der Waals surface area contributed by atoms with Gasteiger partial charge in [0.2, 0.25) is 15.9 Å². The van der Waals surface area contributed by atoms with E-state index in [1.54, 1.807) is 18.2 Å². The third-order valence-corrected chi connectivity index (χ3v) is 5.12. The number of nitrogens with one attached hydrogen (secondary N) is 2. The Kier molecular flexibility index (Phi) is 7.37. The van der Waals surface area contributed by atoms with Crippen molar-refractivity contribution in [3.8, 4) is 0 Å². The lowest BCUT2D eigenvalue weighted by Crippen LogP contribution is -2.49. The maximum atomic E-state index is 12.3. The minimum Gasteiger partial charge on any atom is -0.350 e. The first-order valence-corrected chi connectivity index (χ1v) is 9.21. The van der Waals surface area contributed by atoms with E-state index in [4.69, 9.17) is 5.73 Å². The van der Waals surface area contributed by atoms with Crippen LogP contribution >= 0.6 is 12.4 Å². The molecule has 0 atom stereocenters. The number of sulfonamides is 1. The Morgan fingerprint density at radius 2 is 1.76 bits per heavy atom. The molecule has 138 valence electrons. The molecule has 0 bridgehead atoms. The van der Waals surface area contributed by atoms with Gasteiger partial charge in [0.1, 0.15) is 0 Å². The van der Waals surface area contributed by atoms with Crippen molar-refractivity contribution >= 4 is 39.1 Å². The molecule has 8 heteroatoms. The Morgan fingerprint density at radius 3 is 2.40 bits per heavy atom. The molecule has 2 aromatic carbocycles. The lowest BCUT2D eigenvalue weighted by Gasteiger charge is -2.24. The molecule has 1 amide bonds. The highest BCUT2D eigenvalue weighted by Gasteiger charge is 2.19. The second kappa shape index (κ2) is 8.62. The van der Waals surface area contributed by atoms with Crippen LogP contribution in [-0.2, 0) is 14.8 Å². The van der Waals surface area contributed by atoms with Crippen LogP contribution in [0.5, 0.6) is 0 Å². The van der Waals surface area contributed by atoms with Crippen molar-refractivity contribution in [1.82, 2.24) is 10.0 Å². The molecule has 0 heterocycles. The number of amides is 1. The number of fused-ring (bicyclic) bond motifs is 1. The normalized spacial score (nSPS) is 11.8. The first-order valence-electron chi connectivity index (χ1n) is 7.73. The smallest absolute Gasteiger partial charge is 0.240 e. The van der Waals surface area contributed by atoms with Crippen molar-refractivity contribution in [2.24, 2.45) is 5.73 Å². The van der Waals surface area contributed by atoms with Crippen LogP contribution in [-0.4, -0.2) is 33.0 Å². The van der Waals surface area contributed by atoms with Gasteiger partial charge in [-0.05, 0) is 36.8 Å². The Hall–Kier alpha value is -1.67. The second-order valence-electron chi connectivity index (χ2n) is 6.29. The van der Waals surface area contributed by atoms with E-state index in [-0.39, 0.29) is 36.2 Å². The van der Waals surface area contributed by atoms with Crippen LogP contribution in [0.15, 0.2) is 47.4 Å². The molecule has 0 aliphatic rings. The van der Waals surface area contributed by atoms with Crippen LogP contribution in [0.1, 0.15) is 20.3 Å². The summed E-state index contributed by atoms with van der Waals surface area (Å²) >= 11 is 0. The predicted octanol–water partition coefficient (Wildman–Crippen LogP) is 1.78. The highest BCUT2D eigenvalue weighted by atomic mass is 35.5. The van der Waals surface area contributed by atoms with E-state index in [2.05, 4.69) is 10.0 Å². The maximum Gasteiger partial charge on any atom is 0.240 e. The molecule has 0 aromatic heterocycles. The van der Waals surface area contributed by atoms with Gasteiger partial charge in [-0.2, -0.15) is 0 Å². The Balaban J connectivity index is 0.00000312. The van der Waals surface area contributed by atoms with Crippen LogP contribution in [0.3, 0.4) is 0 Å². The summed E-state index contributed by atoms with van der Waals surface area (Å²) in [5, 5.41) is 4.58. The SMILES string of the molecule is CC(C)(CN)NC(=O)CCNS(=O)(=O)c1ccc2ccccc2c1.Cl. The molecule has 0 fully saturated rings. The van der Waals surface area contributed by atoms with E-state index in [9.17, 15) is 13.2 Å². The van der Waals surface area contributed by atoms with Gasteiger partial charge in [0.15, 0.2) is 0 Å². The topological polar surface area (TPSA) is 101 Å². The molecule has 2 rings (SSSR count). The van der Waals surface area contributed by atoms with Gasteiger partial charge in [-0.15, -0.1) is 12.4 Å². The van der Waals surface area contributed by atoms with Crippen LogP contribution in [0, 0.1) is 0 Å². The molecule has 6 nitrogen and oxygen atoms in total. The first kappa shape index (κ1) is 21.4. The Bertz CT molecular complexity index is 838. The van der Waals surface area contributed by atoms with Crippen LogP contribution in [0.2, 0.25) is 0 Å². The molecular weight excluding hydrogens is 362 g/mol. The summed E-state index contributed by atoms with van der Waals surface area (Å²) in [4.78, 5) is 12.0. The predicted molar refractivity (Wildman–Crippen MR) is 102 cm³/mol. The number of halogens is 1. The molecule has 0 saturated carbocycles. The van der Waals surface area contributed by atoms with Crippen LogP contribution in [0.4, 0.5) is 0 Å². The number of nitrogens with two attached hydrogens (primary N) is 1. The number of rotatable bonds is 7. The summed E-state index contributed by atoms with van der Waals surface area (Å²) in [5.41, 5.74) is 5.04. The Morgan fingerprint density at radius 1 is 1.12 bits per heavy atom. The van der Waals surface area contributed by atoms with Crippen LogP contribution < -0.4 is 15.8 Å². The monoisotopic (exact) mass is 385 g/mol. The van der Waals surface area contributed by atoms with E-state index in [0.717, 1.165) is 10.8 Å². The van der Waals surface area contributed by atoms with E-state index in [0.29, 0.717) is 6.54 Å². The summed E-state index contributed by atoms with van der Waals surface area (Å²) in [5.74, 6) is -0.244. The van der Waals surface area contributed by atoms with Crippen molar-refractivity contribution < 1.29 is 13.2 Å². The zero-order chi connectivity index (χ0) is 17.8. The Labute approximate surface area is 154 Å². The zero-order valence-electron chi connectivity index (χ0n) is 14.3. The minimum absolute atomic E-state index is 0. The van der Waals surface area contributed by atoms with E-state index in [1.807, 2.05) is 38.1 Å². The number of carbonyl (C=O) groups is 1. The van der Waals surface area contributed by atoms with Crippen molar-refractivity contribution in [2.45, 2.75) is 30.7 Å². The number of benzene rings is 2. The molecule has 0 aliphatic carbocycles. The molecule has 0 aliphatic heterocycles. The molecule has 0 radical (unpaired) electrons. The number of hydrogen-bond acceptors (Lipinski definition) is 4. The number of hydrogen-bond donors (Lipinski definition) is 3. The third-order valence-electron chi connectivity index (χ3n) is 3.66. The first-order chi connectivity index (χ1) is 11.2. The van der Waals surface area contributed by atoms with Gasteiger partial charge < -0.3 is 11.1 Å². The zero-order valence-corrected chi connectivity index (χ0v) is 15.9. The summed E-state index contributed by atoms with van der Waals surface area (Å²) in [6.07, 6.45) is 0.0518. The summed E-state index contributed by atoms with van der Waals surface area (Å²) in [7, 11) is -3.65. The highest BCUT2D eigenvalue weighted by molar-refractivity contribution is 7.89. The molecular formula is C17H24ClN3O3S. The van der Waals surface area contributed by atoms with E-state index >= 15 is 0 Å². The van der Waals surface area contributed by atoms with Crippen molar-refractivity contribution in [3.05, 3.63) is 42.5 Å². The van der Waals surface area contributed by atoms with Gasteiger partial charge in [-0.3, -0.25) is 4.79 Å². The third kappa shape index (κ3) is 5.97. The fourth-order valence-electron chi connectivity index (χ4n) is 2.21. The summed E-state index contributed by atoms with van der Waals surface area (Å²) in [6, 6.07) is 12.5. The highest BCUT2D eigenvalue weighted by Crippen LogP contribution is 2.18. The molecule has 0 saturated heterocycles.